The molecule has 10 heteroatoms. The molecular formula is C34H40ClN3O6. The summed E-state index contributed by atoms with van der Waals surface area (Å²) in [5, 5.41) is 10.5. The molecule has 3 aliphatic rings. The van der Waals surface area contributed by atoms with E-state index in [0.29, 0.717) is 35.2 Å². The van der Waals surface area contributed by atoms with Crippen molar-refractivity contribution in [1.82, 2.24) is 4.90 Å². The van der Waals surface area contributed by atoms with Crippen molar-refractivity contribution in [1.29, 1.82) is 0 Å². The minimum Gasteiger partial charge on any atom is -0.494 e. The molecule has 0 saturated carbocycles. The van der Waals surface area contributed by atoms with Crippen molar-refractivity contribution in [2.45, 2.75) is 44.4 Å². The summed E-state index contributed by atoms with van der Waals surface area (Å²) >= 11 is 6.13. The van der Waals surface area contributed by atoms with Crippen LogP contribution in [0.4, 0.5) is 11.4 Å². The minimum absolute atomic E-state index is 0.0688. The second-order valence-corrected chi connectivity index (χ2v) is 12.3. The van der Waals surface area contributed by atoms with Gasteiger partial charge in [-0.3, -0.25) is 14.4 Å². The Morgan fingerprint density at radius 2 is 1.64 bits per heavy atom. The predicted octanol–water partition coefficient (Wildman–Crippen LogP) is 4.48. The van der Waals surface area contributed by atoms with Gasteiger partial charge in [0.05, 0.1) is 30.7 Å². The molecule has 9 nitrogen and oxygen atoms in total. The topological polar surface area (TPSA) is 99.6 Å². The van der Waals surface area contributed by atoms with Crippen LogP contribution < -0.4 is 14.5 Å². The van der Waals surface area contributed by atoms with Crippen LogP contribution in [0.1, 0.15) is 27.2 Å². The number of likely N-dealkylation sites (tertiary alicyclic amines) is 1. The number of amides is 3. The van der Waals surface area contributed by atoms with E-state index in [1.54, 1.807) is 58.4 Å². The zero-order valence-corrected chi connectivity index (χ0v) is 26.2. The minimum atomic E-state index is -1.26. The van der Waals surface area contributed by atoms with Crippen molar-refractivity contribution < 1.29 is 29.0 Å². The van der Waals surface area contributed by atoms with Gasteiger partial charge in [-0.15, -0.1) is 13.2 Å². The number of hydrogen-bond donors (Lipinski definition) is 1. The Kier molecular flexibility index (Phi) is 8.94. The Morgan fingerprint density at radius 3 is 2.18 bits per heavy atom. The second kappa shape index (κ2) is 12.4. The summed E-state index contributed by atoms with van der Waals surface area (Å²) in [4.78, 5) is 48.1. The summed E-state index contributed by atoms with van der Waals surface area (Å²) < 4.78 is 12.4. The van der Waals surface area contributed by atoms with Gasteiger partial charge in [-0.1, -0.05) is 30.7 Å². The number of aliphatic hydroxyl groups is 1. The first-order valence-corrected chi connectivity index (χ1v) is 15.4. The first kappa shape index (κ1) is 31.8. The van der Waals surface area contributed by atoms with Gasteiger partial charge < -0.3 is 29.3 Å². The lowest BCUT2D eigenvalue weighted by molar-refractivity contribution is -0.146. The van der Waals surface area contributed by atoms with E-state index in [-0.39, 0.29) is 49.9 Å². The highest BCUT2D eigenvalue weighted by Crippen LogP contribution is 2.65. The van der Waals surface area contributed by atoms with E-state index >= 15 is 0 Å². The number of carbonyl (C=O) groups is 3. The number of ether oxygens (including phenoxy) is 2. The van der Waals surface area contributed by atoms with Crippen molar-refractivity contribution in [2.75, 3.05) is 42.6 Å². The van der Waals surface area contributed by atoms with Crippen LogP contribution in [0.2, 0.25) is 5.02 Å². The fraction of sp³-hybridized carbons (Fsp3) is 0.441. The molecule has 0 aromatic heterocycles. The first-order chi connectivity index (χ1) is 21.1. The standard InChI is InChI=1S/C34H40ClN3O6/c1-6-17-36(25-13-15-26(16-14-25)43-8-3)30(40)27-28-31(41)38(19-20-39)29(34(28)21-22(4)33(27,5)44-34)32(42)37(18-7-2)24-11-9-23(35)10-12-24/h6-7,9-16,22,27-29,39H,1-2,8,17-21H2,3-5H3/t22?,27-,28-,29?,33+,34?/m0/s1. The number of halogens is 1. The van der Waals surface area contributed by atoms with E-state index in [1.165, 1.54) is 4.90 Å². The van der Waals surface area contributed by atoms with E-state index in [9.17, 15) is 19.5 Å². The van der Waals surface area contributed by atoms with Gasteiger partial charge in [-0.2, -0.15) is 0 Å². The van der Waals surface area contributed by atoms with Gasteiger partial charge in [0.2, 0.25) is 11.8 Å². The smallest absolute Gasteiger partial charge is 0.253 e. The Morgan fingerprint density at radius 1 is 1.07 bits per heavy atom. The third kappa shape index (κ3) is 5.01. The molecule has 3 amide bonds. The molecule has 2 bridgehead atoms. The van der Waals surface area contributed by atoms with Gasteiger partial charge in [0.1, 0.15) is 17.4 Å². The Hall–Kier alpha value is -3.66. The van der Waals surface area contributed by atoms with E-state index < -0.39 is 29.1 Å². The molecule has 3 fully saturated rings. The van der Waals surface area contributed by atoms with Crippen molar-refractivity contribution in [3.05, 3.63) is 78.9 Å². The van der Waals surface area contributed by atoms with Crippen LogP contribution in [0.15, 0.2) is 73.8 Å². The monoisotopic (exact) mass is 621 g/mol. The lowest BCUT2D eigenvalue weighted by Gasteiger charge is -2.39. The number of benzene rings is 2. The van der Waals surface area contributed by atoms with E-state index in [2.05, 4.69) is 13.2 Å². The van der Waals surface area contributed by atoms with Crippen molar-refractivity contribution in [3.63, 3.8) is 0 Å². The molecule has 0 radical (unpaired) electrons. The fourth-order valence-electron chi connectivity index (χ4n) is 7.47. The Bertz CT molecular complexity index is 1430. The molecule has 3 saturated heterocycles. The average molecular weight is 622 g/mol. The SMILES string of the molecule is C=CCN(C(=O)C1N(CCO)C(=O)[C@@H]2[C@@H](C(=O)N(CC=C)c3ccc(OCC)cc3)[C@]3(C)OC12CC3C)c1ccc(Cl)cc1. The lowest BCUT2D eigenvalue weighted by Crippen LogP contribution is -2.57. The van der Waals surface area contributed by atoms with E-state index in [0.717, 1.165) is 0 Å². The van der Waals surface area contributed by atoms with Crippen molar-refractivity contribution in [2.24, 2.45) is 17.8 Å². The zero-order chi connectivity index (χ0) is 31.8. The number of anilines is 2. The van der Waals surface area contributed by atoms with E-state index in [4.69, 9.17) is 21.1 Å². The van der Waals surface area contributed by atoms with Crippen LogP contribution in [0, 0.1) is 17.8 Å². The normalized spacial score (nSPS) is 28.5. The molecule has 6 atom stereocenters. The summed E-state index contributed by atoms with van der Waals surface area (Å²) in [5.74, 6) is -2.25. The highest BCUT2D eigenvalue weighted by atomic mass is 35.5. The van der Waals surface area contributed by atoms with Gasteiger partial charge in [0.25, 0.3) is 5.91 Å². The number of β-amino-alcohol motifs (C(OH)–C–C–N with tert-alkyl or cyclic N) is 1. The van der Waals surface area contributed by atoms with Crippen LogP contribution in [0.3, 0.4) is 0 Å². The van der Waals surface area contributed by atoms with Crippen LogP contribution in [0.5, 0.6) is 5.75 Å². The maximum atomic E-state index is 14.6. The number of carbonyl (C=O) groups excluding carboxylic acids is 3. The first-order valence-electron chi connectivity index (χ1n) is 15.0. The lowest BCUT2D eigenvalue weighted by atomic mass is 9.62. The number of fused-ring (bicyclic) bond motifs is 1. The van der Waals surface area contributed by atoms with Gasteiger partial charge in [0, 0.05) is 36.0 Å². The van der Waals surface area contributed by atoms with Gasteiger partial charge >= 0.3 is 0 Å². The van der Waals surface area contributed by atoms with Crippen LogP contribution in [0.25, 0.3) is 0 Å². The maximum absolute atomic E-state index is 14.6. The van der Waals surface area contributed by atoms with Crippen molar-refractivity contribution in [3.8, 4) is 5.75 Å². The fourth-order valence-corrected chi connectivity index (χ4v) is 7.60. The third-order valence-corrected chi connectivity index (χ3v) is 9.66. The van der Waals surface area contributed by atoms with Gasteiger partial charge in [-0.25, -0.2) is 0 Å². The molecule has 234 valence electrons. The molecule has 1 spiro atoms. The van der Waals surface area contributed by atoms with Crippen molar-refractivity contribution >= 4 is 40.7 Å². The maximum Gasteiger partial charge on any atom is 0.253 e. The highest BCUT2D eigenvalue weighted by Gasteiger charge is 2.80. The van der Waals surface area contributed by atoms with Crippen LogP contribution >= 0.6 is 11.6 Å². The Balaban J connectivity index is 1.58. The summed E-state index contributed by atoms with van der Waals surface area (Å²) in [6.07, 6.45) is 3.67. The molecule has 2 aromatic rings. The number of rotatable bonds is 12. The molecule has 5 rings (SSSR count). The van der Waals surface area contributed by atoms with Gasteiger partial charge in [-0.05, 0) is 74.7 Å². The number of aliphatic hydroxyl groups excluding tert-OH is 1. The zero-order valence-electron chi connectivity index (χ0n) is 25.4. The summed E-state index contributed by atoms with van der Waals surface area (Å²) in [7, 11) is 0. The molecule has 3 aliphatic heterocycles. The quantitative estimate of drug-likeness (QED) is 0.351. The Labute approximate surface area is 263 Å². The largest absolute Gasteiger partial charge is 0.494 e. The molecule has 0 aliphatic carbocycles. The van der Waals surface area contributed by atoms with Crippen LogP contribution in [-0.2, 0) is 19.1 Å². The van der Waals surface area contributed by atoms with Gasteiger partial charge in [0.15, 0.2) is 0 Å². The molecule has 44 heavy (non-hydrogen) atoms. The highest BCUT2D eigenvalue weighted by molar-refractivity contribution is 6.30. The molecule has 3 unspecified atom stereocenters. The molecular weight excluding hydrogens is 582 g/mol. The second-order valence-electron chi connectivity index (χ2n) is 11.8. The molecule has 1 N–H and O–H groups in total. The number of nitrogens with zero attached hydrogens (tertiary/aromatic N) is 3. The summed E-state index contributed by atoms with van der Waals surface area (Å²) in [6, 6.07) is 13.0. The molecule has 2 aromatic carbocycles. The van der Waals surface area contributed by atoms with E-state index in [1.807, 2.05) is 32.9 Å². The van der Waals surface area contributed by atoms with Crippen LogP contribution in [-0.4, -0.2) is 77.8 Å². The average Bonchev–Trinajstić information content (AvgIpc) is 3.52. The predicted molar refractivity (Wildman–Crippen MR) is 170 cm³/mol. The summed E-state index contributed by atoms with van der Waals surface area (Å²) in [6.45, 7) is 14.0. The summed E-state index contributed by atoms with van der Waals surface area (Å²) in [5.41, 5.74) is -1.04. The third-order valence-electron chi connectivity index (χ3n) is 9.41. The molecule has 3 heterocycles. The number of hydrogen-bond acceptors (Lipinski definition) is 6.